The summed E-state index contributed by atoms with van der Waals surface area (Å²) in [5.74, 6) is 1.34. The van der Waals surface area contributed by atoms with E-state index in [1.807, 2.05) is 24.3 Å². The van der Waals surface area contributed by atoms with E-state index in [-0.39, 0.29) is 6.54 Å². The maximum Gasteiger partial charge on any atom is 0.405 e. The third-order valence-electron chi connectivity index (χ3n) is 3.85. The predicted octanol–water partition coefficient (Wildman–Crippen LogP) is 1.36. The molecule has 0 aliphatic heterocycles. The zero-order chi connectivity index (χ0) is 19.9. The van der Waals surface area contributed by atoms with Gasteiger partial charge in [0.1, 0.15) is 11.6 Å². The molecule has 10 nitrogen and oxygen atoms in total. The van der Waals surface area contributed by atoms with E-state index < -0.39 is 22.3 Å². The van der Waals surface area contributed by atoms with E-state index in [4.69, 9.17) is 15.0 Å². The van der Waals surface area contributed by atoms with Crippen LogP contribution in [0.3, 0.4) is 0 Å². The van der Waals surface area contributed by atoms with Crippen LogP contribution >= 0.6 is 0 Å². The molecule has 1 unspecified atom stereocenters. The number of ether oxygens (including phenoxy) is 1. The first-order valence-corrected chi connectivity index (χ1v) is 9.79. The number of H-pyrrole nitrogens is 1. The van der Waals surface area contributed by atoms with Crippen LogP contribution in [0.1, 0.15) is 31.0 Å². The second kappa shape index (κ2) is 9.35. The monoisotopic (exact) mass is 397 g/mol. The first-order chi connectivity index (χ1) is 12.8. The lowest BCUT2D eigenvalue weighted by molar-refractivity contribution is 0.188. The normalized spacial score (nSPS) is 12.5. The van der Waals surface area contributed by atoms with Crippen LogP contribution in [0.2, 0.25) is 0 Å². The molecule has 11 heteroatoms. The van der Waals surface area contributed by atoms with Gasteiger partial charge in [0.05, 0.1) is 25.0 Å². The number of aromatic amines is 1. The number of unbranched alkanes of at least 4 members (excludes halogenated alkanes) is 1. The van der Waals surface area contributed by atoms with E-state index in [0.717, 1.165) is 11.3 Å². The molecule has 6 N–H and O–H groups in total. The molecular weight excluding hydrogens is 374 g/mol. The summed E-state index contributed by atoms with van der Waals surface area (Å²) in [6.45, 7) is 0.193. The molecule has 1 atom stereocenters. The van der Waals surface area contributed by atoms with Gasteiger partial charge in [-0.3, -0.25) is 0 Å². The zero-order valence-electron chi connectivity index (χ0n) is 14.8. The van der Waals surface area contributed by atoms with E-state index in [1.54, 1.807) is 13.3 Å². The first kappa shape index (κ1) is 20.7. The van der Waals surface area contributed by atoms with E-state index in [9.17, 15) is 13.2 Å². The van der Waals surface area contributed by atoms with E-state index in [0.29, 0.717) is 30.8 Å². The van der Waals surface area contributed by atoms with E-state index >= 15 is 0 Å². The van der Waals surface area contributed by atoms with Crippen LogP contribution in [0, 0.1) is 0 Å². The number of benzene rings is 1. The van der Waals surface area contributed by atoms with Gasteiger partial charge in [-0.05, 0) is 43.5 Å². The Morgan fingerprint density at radius 1 is 1.33 bits per heavy atom. The number of carboxylic acid groups (broad SMARTS) is 1. The fraction of sp³-hybridized carbons (Fsp3) is 0.375. The number of hydrogen-bond donors (Lipinski definition) is 5. The summed E-state index contributed by atoms with van der Waals surface area (Å²) in [5.41, 5.74) is 1.47. The first-order valence-electron chi connectivity index (χ1n) is 8.24. The molecule has 148 valence electrons. The molecule has 2 aromatic rings. The number of amides is 1. The molecule has 1 aromatic carbocycles. The van der Waals surface area contributed by atoms with Crippen molar-refractivity contribution in [2.24, 2.45) is 5.14 Å². The maximum absolute atomic E-state index is 11.1. The Morgan fingerprint density at radius 2 is 2.04 bits per heavy atom. The molecule has 0 saturated carbocycles. The van der Waals surface area contributed by atoms with E-state index in [2.05, 4.69) is 20.0 Å². The van der Waals surface area contributed by atoms with Crippen LogP contribution in [0.15, 0.2) is 30.5 Å². The second-order valence-corrected chi connectivity index (χ2v) is 7.23. The SMILES string of the molecule is COc1ccc(-c2ncc(C(CCCCNS(N)(=O)=O)NC(=O)O)[nH]2)cc1. The van der Waals surface area contributed by atoms with Crippen molar-refractivity contribution < 1.29 is 23.1 Å². The summed E-state index contributed by atoms with van der Waals surface area (Å²) in [4.78, 5) is 18.5. The third-order valence-corrected chi connectivity index (χ3v) is 4.46. The van der Waals surface area contributed by atoms with Crippen LogP contribution in [-0.4, -0.2) is 43.2 Å². The molecular formula is C16H23N5O5S. The van der Waals surface area contributed by atoms with Crippen LogP contribution in [0.25, 0.3) is 11.4 Å². The molecule has 0 bridgehead atoms. The fourth-order valence-electron chi connectivity index (χ4n) is 2.55. The number of nitrogens with zero attached hydrogens (tertiary/aromatic N) is 1. The Morgan fingerprint density at radius 3 is 2.63 bits per heavy atom. The number of carbonyl (C=O) groups is 1. The quantitative estimate of drug-likeness (QED) is 0.381. The summed E-state index contributed by atoms with van der Waals surface area (Å²) in [5, 5.41) is 16.4. The van der Waals surface area contributed by atoms with Crippen molar-refractivity contribution >= 4 is 16.3 Å². The number of imidazole rings is 1. The molecule has 0 aliphatic rings. The Kier molecular flexibility index (Phi) is 7.16. The minimum absolute atomic E-state index is 0.193. The zero-order valence-corrected chi connectivity index (χ0v) is 15.6. The van der Waals surface area contributed by atoms with Crippen molar-refractivity contribution in [2.75, 3.05) is 13.7 Å². The van der Waals surface area contributed by atoms with Gasteiger partial charge in [0.15, 0.2) is 0 Å². The third kappa shape index (κ3) is 6.89. The highest BCUT2D eigenvalue weighted by atomic mass is 32.2. The Labute approximate surface area is 157 Å². The number of methoxy groups -OCH3 is 1. The van der Waals surface area contributed by atoms with Gasteiger partial charge in [-0.1, -0.05) is 0 Å². The number of aromatic nitrogens is 2. The van der Waals surface area contributed by atoms with Gasteiger partial charge in [-0.15, -0.1) is 0 Å². The number of rotatable bonds is 10. The molecule has 1 heterocycles. The molecule has 27 heavy (non-hydrogen) atoms. The highest BCUT2D eigenvalue weighted by Gasteiger charge is 2.17. The number of nitrogens with two attached hydrogens (primary N) is 1. The van der Waals surface area contributed by atoms with Crippen LogP contribution in [-0.2, 0) is 10.2 Å². The van der Waals surface area contributed by atoms with Gasteiger partial charge in [0, 0.05) is 12.1 Å². The molecule has 1 amide bonds. The Hall–Kier alpha value is -2.63. The summed E-state index contributed by atoms with van der Waals surface area (Å²) < 4.78 is 29.0. The van der Waals surface area contributed by atoms with Crippen LogP contribution < -0.4 is 19.9 Å². The largest absolute Gasteiger partial charge is 0.497 e. The molecule has 0 saturated heterocycles. The lowest BCUT2D eigenvalue weighted by Crippen LogP contribution is -2.31. The summed E-state index contributed by atoms with van der Waals surface area (Å²) in [6, 6.07) is 6.82. The van der Waals surface area contributed by atoms with E-state index in [1.165, 1.54) is 0 Å². The molecule has 2 rings (SSSR count). The smallest absolute Gasteiger partial charge is 0.405 e. The number of nitrogens with one attached hydrogen (secondary N) is 3. The summed E-state index contributed by atoms with van der Waals surface area (Å²) in [7, 11) is -2.13. The maximum atomic E-state index is 11.1. The average Bonchev–Trinajstić information content (AvgIpc) is 3.09. The van der Waals surface area contributed by atoms with Crippen molar-refractivity contribution in [3.63, 3.8) is 0 Å². The molecule has 1 aromatic heterocycles. The lowest BCUT2D eigenvalue weighted by atomic mass is 10.1. The highest BCUT2D eigenvalue weighted by molar-refractivity contribution is 7.87. The van der Waals surface area contributed by atoms with Crippen molar-refractivity contribution in [3.05, 3.63) is 36.2 Å². The topological polar surface area (TPSA) is 159 Å². The highest BCUT2D eigenvalue weighted by Crippen LogP contribution is 2.23. The van der Waals surface area contributed by atoms with Crippen LogP contribution in [0.5, 0.6) is 5.75 Å². The minimum atomic E-state index is -3.71. The van der Waals surface area contributed by atoms with Gasteiger partial charge >= 0.3 is 6.09 Å². The second-order valence-electron chi connectivity index (χ2n) is 5.85. The minimum Gasteiger partial charge on any atom is -0.497 e. The summed E-state index contributed by atoms with van der Waals surface area (Å²) in [6.07, 6.45) is 2.02. The Balaban J connectivity index is 2.01. The van der Waals surface area contributed by atoms with Crippen molar-refractivity contribution in [1.82, 2.24) is 20.0 Å². The lowest BCUT2D eigenvalue weighted by Gasteiger charge is -2.15. The van der Waals surface area contributed by atoms with Gasteiger partial charge < -0.3 is 20.1 Å². The van der Waals surface area contributed by atoms with Gasteiger partial charge in [-0.2, -0.15) is 8.42 Å². The molecule has 0 aliphatic carbocycles. The molecule has 0 radical (unpaired) electrons. The Bertz CT molecular complexity index is 850. The van der Waals surface area contributed by atoms with Crippen molar-refractivity contribution in [1.29, 1.82) is 0 Å². The average molecular weight is 397 g/mol. The van der Waals surface area contributed by atoms with Gasteiger partial charge in [0.25, 0.3) is 10.2 Å². The molecule has 0 spiro atoms. The fourth-order valence-corrected chi connectivity index (χ4v) is 2.98. The van der Waals surface area contributed by atoms with Gasteiger partial charge in [-0.25, -0.2) is 19.6 Å². The van der Waals surface area contributed by atoms with Gasteiger partial charge in [0.2, 0.25) is 0 Å². The van der Waals surface area contributed by atoms with Crippen LogP contribution in [0.4, 0.5) is 4.79 Å². The van der Waals surface area contributed by atoms with Crippen molar-refractivity contribution in [3.8, 4) is 17.1 Å². The predicted molar refractivity (Wildman–Crippen MR) is 99.4 cm³/mol. The standard InChI is InChI=1S/C16H23N5O5S/c1-26-12-7-5-11(6-8-12)15-18-10-14(20-15)13(21-16(22)23)4-2-3-9-19-27(17,24)25/h5-8,10,13,19,21H,2-4,9H2,1H3,(H,18,20)(H,22,23)(H2,17,24,25). The summed E-state index contributed by atoms with van der Waals surface area (Å²) >= 11 is 0. The number of hydrogen-bond acceptors (Lipinski definition) is 5. The molecule has 0 fully saturated rings. The van der Waals surface area contributed by atoms with Crippen molar-refractivity contribution in [2.45, 2.75) is 25.3 Å².